The summed E-state index contributed by atoms with van der Waals surface area (Å²) in [6.45, 7) is 0.815. The van der Waals surface area contributed by atoms with E-state index in [1.165, 1.54) is 38.5 Å². The Morgan fingerprint density at radius 1 is 1.05 bits per heavy atom. The van der Waals surface area contributed by atoms with E-state index in [1.807, 2.05) is 0 Å². The fraction of sp³-hybridized carbons (Fsp3) is 0.944. The molecule has 2 bridgehead atoms. The number of rotatable bonds is 2. The maximum Gasteiger partial charge on any atom is 0.139 e. The smallest absolute Gasteiger partial charge is 0.139 e. The molecule has 21 heavy (non-hydrogen) atoms. The summed E-state index contributed by atoms with van der Waals surface area (Å²) in [4.78, 5) is 15.6. The van der Waals surface area contributed by atoms with Gasteiger partial charge in [0.1, 0.15) is 5.78 Å². The predicted octanol–water partition coefficient (Wildman–Crippen LogP) is 3.17. The van der Waals surface area contributed by atoms with Gasteiger partial charge in [0.2, 0.25) is 0 Å². The number of ether oxygens (including phenoxy) is 1. The monoisotopic (exact) mass is 291 g/mol. The summed E-state index contributed by atoms with van der Waals surface area (Å²) in [6.07, 6.45) is 11.8. The van der Waals surface area contributed by atoms with Gasteiger partial charge in [0, 0.05) is 30.5 Å². The van der Waals surface area contributed by atoms with Crippen molar-refractivity contribution in [2.24, 2.45) is 11.8 Å². The van der Waals surface area contributed by atoms with Crippen molar-refractivity contribution in [2.45, 2.75) is 81.9 Å². The molecule has 0 radical (unpaired) electrons. The molecule has 118 valence electrons. The zero-order valence-electron chi connectivity index (χ0n) is 13.4. The third-order valence-electron chi connectivity index (χ3n) is 6.91. The molecule has 3 atom stereocenters. The molecule has 0 aromatic rings. The van der Waals surface area contributed by atoms with E-state index in [4.69, 9.17) is 4.74 Å². The maximum atomic E-state index is 13.0. The molecule has 3 nitrogen and oxygen atoms in total. The highest BCUT2D eigenvalue weighted by Crippen LogP contribution is 2.45. The highest BCUT2D eigenvalue weighted by Gasteiger charge is 2.46. The first-order valence-electron chi connectivity index (χ1n) is 9.06. The molecule has 4 fully saturated rings. The van der Waals surface area contributed by atoms with Crippen molar-refractivity contribution in [3.8, 4) is 0 Å². The van der Waals surface area contributed by atoms with Gasteiger partial charge in [-0.3, -0.25) is 4.79 Å². The van der Waals surface area contributed by atoms with Crippen molar-refractivity contribution < 1.29 is 9.53 Å². The van der Waals surface area contributed by atoms with Gasteiger partial charge in [-0.25, -0.2) is 0 Å². The third-order valence-corrected chi connectivity index (χ3v) is 6.91. The largest absolute Gasteiger partial charge is 0.375 e. The first-order valence-corrected chi connectivity index (χ1v) is 9.06. The summed E-state index contributed by atoms with van der Waals surface area (Å²) >= 11 is 0. The molecule has 3 heterocycles. The van der Waals surface area contributed by atoms with E-state index in [9.17, 15) is 4.79 Å². The first-order chi connectivity index (χ1) is 10.2. The normalized spacial score (nSPS) is 42.5. The molecule has 0 N–H and O–H groups in total. The van der Waals surface area contributed by atoms with E-state index in [0.717, 1.165) is 32.3 Å². The summed E-state index contributed by atoms with van der Waals surface area (Å²) in [7, 11) is 2.25. The number of carbonyl (C=O) groups excluding carboxylic acids is 1. The van der Waals surface area contributed by atoms with Crippen LogP contribution in [0.2, 0.25) is 0 Å². The summed E-state index contributed by atoms with van der Waals surface area (Å²) in [5.41, 5.74) is 0.0863. The Morgan fingerprint density at radius 3 is 2.38 bits per heavy atom. The molecule has 4 aliphatic rings. The average molecular weight is 291 g/mol. The quantitative estimate of drug-likeness (QED) is 0.782. The fourth-order valence-electron chi connectivity index (χ4n) is 5.62. The van der Waals surface area contributed by atoms with Crippen molar-refractivity contribution in [1.82, 2.24) is 4.90 Å². The van der Waals surface area contributed by atoms with E-state index in [2.05, 4.69) is 11.9 Å². The second-order valence-corrected chi connectivity index (χ2v) is 8.05. The van der Waals surface area contributed by atoms with Gasteiger partial charge in [-0.15, -0.1) is 0 Å². The number of hydrogen-bond donors (Lipinski definition) is 0. The molecule has 1 aliphatic carbocycles. The van der Waals surface area contributed by atoms with E-state index in [-0.39, 0.29) is 5.60 Å². The maximum absolute atomic E-state index is 13.0. The van der Waals surface area contributed by atoms with Crippen molar-refractivity contribution >= 4 is 5.78 Å². The number of piperidine rings is 1. The van der Waals surface area contributed by atoms with Crippen LogP contribution in [0.5, 0.6) is 0 Å². The molecule has 4 rings (SSSR count). The van der Waals surface area contributed by atoms with Gasteiger partial charge in [0.05, 0.1) is 5.60 Å². The molecule has 3 heteroatoms. The molecule has 1 spiro atoms. The molecule has 3 aliphatic heterocycles. The van der Waals surface area contributed by atoms with Crippen molar-refractivity contribution in [3.05, 3.63) is 0 Å². The molecule has 0 aromatic heterocycles. The molecular formula is C18H29NO2. The van der Waals surface area contributed by atoms with Crippen LogP contribution in [0.4, 0.5) is 0 Å². The summed E-state index contributed by atoms with van der Waals surface area (Å²) in [6, 6.07) is 1.36. The highest BCUT2D eigenvalue weighted by molar-refractivity contribution is 5.84. The Labute approximate surface area is 128 Å². The Morgan fingerprint density at radius 2 is 1.71 bits per heavy atom. The molecule has 0 aromatic carbocycles. The van der Waals surface area contributed by atoms with Gasteiger partial charge in [-0.05, 0) is 58.4 Å². The number of ketones is 1. The van der Waals surface area contributed by atoms with Gasteiger partial charge >= 0.3 is 0 Å². The molecular weight excluding hydrogens is 262 g/mol. The minimum absolute atomic E-state index is 0.0863. The number of nitrogens with zero attached hydrogens (tertiary/aromatic N) is 1. The number of hydrogen-bond acceptors (Lipinski definition) is 3. The lowest BCUT2D eigenvalue weighted by molar-refractivity contribution is -0.142. The molecule has 1 saturated carbocycles. The Balaban J connectivity index is 1.43. The lowest BCUT2D eigenvalue weighted by Crippen LogP contribution is -2.46. The number of fused-ring (bicyclic) bond motifs is 2. The van der Waals surface area contributed by atoms with Crippen LogP contribution in [-0.4, -0.2) is 42.0 Å². The van der Waals surface area contributed by atoms with E-state index < -0.39 is 0 Å². The van der Waals surface area contributed by atoms with Gasteiger partial charge in [0.25, 0.3) is 0 Å². The summed E-state index contributed by atoms with van der Waals surface area (Å²) in [5, 5.41) is 0. The first kappa shape index (κ1) is 14.2. The lowest BCUT2D eigenvalue weighted by atomic mass is 9.75. The van der Waals surface area contributed by atoms with Gasteiger partial charge in [-0.1, -0.05) is 12.8 Å². The van der Waals surface area contributed by atoms with Crippen molar-refractivity contribution in [2.75, 3.05) is 13.7 Å². The van der Waals surface area contributed by atoms with Crippen LogP contribution in [0.3, 0.4) is 0 Å². The summed E-state index contributed by atoms with van der Waals surface area (Å²) < 4.78 is 6.11. The van der Waals surface area contributed by atoms with E-state index in [1.54, 1.807) is 0 Å². The van der Waals surface area contributed by atoms with Crippen LogP contribution < -0.4 is 0 Å². The van der Waals surface area contributed by atoms with Gasteiger partial charge in [-0.2, -0.15) is 0 Å². The zero-order chi connectivity index (χ0) is 14.4. The number of Topliss-reactive ketones (excluding diaryl/α,β-unsaturated/α-hetero) is 1. The Bertz CT molecular complexity index is 401. The predicted molar refractivity (Wildman–Crippen MR) is 82.2 cm³/mol. The second kappa shape index (κ2) is 5.34. The summed E-state index contributed by atoms with van der Waals surface area (Å²) in [5.74, 6) is 1.24. The standard InChI is InChI=1S/C18H29NO2/c1-19-15-4-5-16(19)11-14(10-15)17(20)13-6-9-21-18(12-13)7-2-3-8-18/h13-16H,2-12H2,1H3. The van der Waals surface area contributed by atoms with Crippen molar-refractivity contribution in [3.63, 3.8) is 0 Å². The zero-order valence-corrected chi connectivity index (χ0v) is 13.4. The molecule has 3 unspecified atom stereocenters. The van der Waals surface area contributed by atoms with Crippen LogP contribution in [0, 0.1) is 11.8 Å². The fourth-order valence-corrected chi connectivity index (χ4v) is 5.62. The van der Waals surface area contributed by atoms with Gasteiger partial charge < -0.3 is 9.64 Å². The molecule has 3 saturated heterocycles. The van der Waals surface area contributed by atoms with E-state index >= 15 is 0 Å². The van der Waals surface area contributed by atoms with Crippen LogP contribution in [0.15, 0.2) is 0 Å². The third kappa shape index (κ3) is 2.46. The average Bonchev–Trinajstić information content (AvgIpc) is 2.99. The van der Waals surface area contributed by atoms with Crippen LogP contribution in [-0.2, 0) is 9.53 Å². The lowest BCUT2D eigenvalue weighted by Gasteiger charge is -2.41. The topological polar surface area (TPSA) is 29.5 Å². The van der Waals surface area contributed by atoms with Crippen LogP contribution >= 0.6 is 0 Å². The van der Waals surface area contributed by atoms with Gasteiger partial charge in [0.15, 0.2) is 0 Å². The minimum atomic E-state index is 0.0863. The second-order valence-electron chi connectivity index (χ2n) is 8.05. The van der Waals surface area contributed by atoms with Crippen LogP contribution in [0.25, 0.3) is 0 Å². The van der Waals surface area contributed by atoms with E-state index in [0.29, 0.717) is 29.7 Å². The molecule has 0 amide bonds. The SMILES string of the molecule is CN1C2CCC1CC(C(=O)C1CCOC3(CCCC3)C1)C2. The van der Waals surface area contributed by atoms with Crippen LogP contribution in [0.1, 0.15) is 64.2 Å². The number of carbonyl (C=O) groups is 1. The Hall–Kier alpha value is -0.410. The highest BCUT2D eigenvalue weighted by atomic mass is 16.5. The van der Waals surface area contributed by atoms with Crippen molar-refractivity contribution in [1.29, 1.82) is 0 Å². The minimum Gasteiger partial charge on any atom is -0.375 e. The Kier molecular flexibility index (Phi) is 3.61.